The zero-order chi connectivity index (χ0) is 16.8. The van der Waals surface area contributed by atoms with Crippen LogP contribution in [0.2, 0.25) is 0 Å². The van der Waals surface area contributed by atoms with Gasteiger partial charge >= 0.3 is 5.97 Å². The number of benzene rings is 1. The Hall–Kier alpha value is -2.37. The lowest BCUT2D eigenvalue weighted by atomic mass is 9.89. The van der Waals surface area contributed by atoms with Crippen molar-refractivity contribution in [3.63, 3.8) is 0 Å². The van der Waals surface area contributed by atoms with Gasteiger partial charge in [0.2, 0.25) is 11.8 Å². The maximum absolute atomic E-state index is 12.2. The van der Waals surface area contributed by atoms with Crippen molar-refractivity contribution in [2.45, 2.75) is 32.6 Å². The smallest absolute Gasteiger partial charge is 0.305 e. The van der Waals surface area contributed by atoms with E-state index in [1.807, 2.05) is 31.2 Å². The number of aliphatic carboxylic acids is 1. The highest BCUT2D eigenvalue weighted by molar-refractivity contribution is 5.96. The first-order valence-electron chi connectivity index (χ1n) is 7.89. The molecule has 2 N–H and O–H groups in total. The third-order valence-corrected chi connectivity index (χ3v) is 4.15. The molecule has 2 rings (SSSR count). The van der Waals surface area contributed by atoms with Crippen molar-refractivity contribution in [3.05, 3.63) is 29.8 Å². The van der Waals surface area contributed by atoms with E-state index in [4.69, 9.17) is 5.11 Å². The molecule has 1 atom stereocenters. The molecule has 0 fully saturated rings. The second-order valence-electron chi connectivity index (χ2n) is 5.70. The summed E-state index contributed by atoms with van der Waals surface area (Å²) in [5.74, 6) is -1.28. The van der Waals surface area contributed by atoms with Crippen LogP contribution in [0.4, 0.5) is 5.69 Å². The van der Waals surface area contributed by atoms with Gasteiger partial charge in [0.1, 0.15) is 0 Å². The largest absolute Gasteiger partial charge is 0.481 e. The molecule has 1 aliphatic heterocycles. The molecule has 1 aromatic rings. The number of fused-ring (bicyclic) bond motifs is 1. The molecule has 0 spiro atoms. The van der Waals surface area contributed by atoms with Crippen molar-refractivity contribution in [2.75, 3.05) is 18.4 Å². The molecule has 2 amide bonds. The first-order valence-corrected chi connectivity index (χ1v) is 7.89. The monoisotopic (exact) mass is 318 g/mol. The van der Waals surface area contributed by atoms with Crippen LogP contribution in [-0.2, 0) is 20.8 Å². The summed E-state index contributed by atoms with van der Waals surface area (Å²) in [4.78, 5) is 36.4. The molecule has 0 bridgehead atoms. The zero-order valence-electron chi connectivity index (χ0n) is 13.2. The third kappa shape index (κ3) is 4.55. The van der Waals surface area contributed by atoms with E-state index in [9.17, 15) is 14.4 Å². The van der Waals surface area contributed by atoms with E-state index in [1.165, 1.54) is 4.90 Å². The van der Waals surface area contributed by atoms with Crippen LogP contribution in [0.15, 0.2) is 24.3 Å². The van der Waals surface area contributed by atoms with Crippen molar-refractivity contribution in [1.29, 1.82) is 0 Å². The first kappa shape index (κ1) is 17.0. The summed E-state index contributed by atoms with van der Waals surface area (Å²) < 4.78 is 0. The minimum atomic E-state index is -0.917. The summed E-state index contributed by atoms with van der Waals surface area (Å²) in [5, 5.41) is 11.6. The van der Waals surface area contributed by atoms with Gasteiger partial charge in [-0.1, -0.05) is 18.2 Å². The van der Waals surface area contributed by atoms with Gasteiger partial charge in [-0.25, -0.2) is 0 Å². The van der Waals surface area contributed by atoms with Gasteiger partial charge < -0.3 is 15.3 Å². The summed E-state index contributed by atoms with van der Waals surface area (Å²) in [5.41, 5.74) is 1.93. The molecule has 1 aromatic carbocycles. The lowest BCUT2D eigenvalue weighted by molar-refractivity contribution is -0.138. The lowest BCUT2D eigenvalue weighted by Gasteiger charge is -2.25. The van der Waals surface area contributed by atoms with Crippen LogP contribution in [0.5, 0.6) is 0 Å². The molecule has 1 unspecified atom stereocenters. The fourth-order valence-electron chi connectivity index (χ4n) is 2.79. The Bertz CT molecular complexity index is 600. The topological polar surface area (TPSA) is 86.7 Å². The minimum Gasteiger partial charge on any atom is -0.481 e. The Morgan fingerprint density at radius 1 is 1.30 bits per heavy atom. The van der Waals surface area contributed by atoms with E-state index < -0.39 is 5.97 Å². The fraction of sp³-hybridized carbons (Fsp3) is 0.471. The number of carboxylic acid groups (broad SMARTS) is 1. The summed E-state index contributed by atoms with van der Waals surface area (Å²) in [6.45, 7) is 2.51. The molecule has 0 aliphatic carbocycles. The van der Waals surface area contributed by atoms with Crippen molar-refractivity contribution in [1.82, 2.24) is 4.90 Å². The number of amides is 2. The van der Waals surface area contributed by atoms with Gasteiger partial charge in [0.25, 0.3) is 0 Å². The number of para-hydroxylation sites is 1. The predicted molar refractivity (Wildman–Crippen MR) is 86.0 cm³/mol. The molecule has 0 aromatic heterocycles. The van der Waals surface area contributed by atoms with Crippen LogP contribution >= 0.6 is 0 Å². The number of hydrogen-bond acceptors (Lipinski definition) is 3. The van der Waals surface area contributed by atoms with Gasteiger partial charge in [0.05, 0.1) is 6.42 Å². The van der Waals surface area contributed by atoms with E-state index in [0.717, 1.165) is 11.3 Å². The van der Waals surface area contributed by atoms with E-state index in [0.29, 0.717) is 19.4 Å². The molecular weight excluding hydrogens is 296 g/mol. The van der Waals surface area contributed by atoms with Gasteiger partial charge in [-0.2, -0.15) is 0 Å². The Labute approximate surface area is 135 Å². The number of carboxylic acids is 1. The van der Waals surface area contributed by atoms with Gasteiger partial charge in [-0.15, -0.1) is 0 Å². The number of carbonyl (C=O) groups is 3. The van der Waals surface area contributed by atoms with Crippen LogP contribution in [0.1, 0.15) is 31.7 Å². The second-order valence-corrected chi connectivity index (χ2v) is 5.70. The maximum atomic E-state index is 12.2. The molecule has 23 heavy (non-hydrogen) atoms. The van der Waals surface area contributed by atoms with Crippen LogP contribution in [0, 0.1) is 5.92 Å². The standard InChI is InChI=1S/C17H22N2O4/c1-2-19(10-9-16(21)22)15(20)8-7-13-11-12-5-3-4-6-14(12)18-17(13)23/h3-6,13H,2,7-11H2,1H3,(H,18,23)(H,21,22). The van der Waals surface area contributed by atoms with Crippen molar-refractivity contribution < 1.29 is 19.5 Å². The summed E-state index contributed by atoms with van der Waals surface area (Å²) in [7, 11) is 0. The van der Waals surface area contributed by atoms with Gasteiger partial charge in [-0.3, -0.25) is 14.4 Å². The number of rotatable bonds is 7. The molecule has 124 valence electrons. The first-order chi connectivity index (χ1) is 11.0. The Kier molecular flexibility index (Phi) is 5.73. The van der Waals surface area contributed by atoms with Crippen LogP contribution in [0.25, 0.3) is 0 Å². The van der Waals surface area contributed by atoms with Crippen LogP contribution in [0.3, 0.4) is 0 Å². The number of anilines is 1. The number of carbonyl (C=O) groups excluding carboxylic acids is 2. The fourth-order valence-corrected chi connectivity index (χ4v) is 2.79. The summed E-state index contributed by atoms with van der Waals surface area (Å²) in [6.07, 6.45) is 1.31. The van der Waals surface area contributed by atoms with E-state index >= 15 is 0 Å². The van der Waals surface area contributed by atoms with E-state index in [-0.39, 0.29) is 37.1 Å². The SMILES string of the molecule is CCN(CCC(=O)O)C(=O)CCC1Cc2ccccc2NC1=O. The quantitative estimate of drug-likeness (QED) is 0.804. The molecule has 0 radical (unpaired) electrons. The predicted octanol–water partition coefficient (Wildman–Crippen LogP) is 1.90. The average Bonchev–Trinajstić information content (AvgIpc) is 2.53. The highest BCUT2D eigenvalue weighted by Crippen LogP contribution is 2.27. The highest BCUT2D eigenvalue weighted by Gasteiger charge is 2.26. The third-order valence-electron chi connectivity index (χ3n) is 4.15. The molecule has 1 aliphatic rings. The number of nitrogens with zero attached hydrogens (tertiary/aromatic N) is 1. The number of nitrogens with one attached hydrogen (secondary N) is 1. The minimum absolute atomic E-state index is 0.0508. The van der Waals surface area contributed by atoms with E-state index in [1.54, 1.807) is 0 Å². The van der Waals surface area contributed by atoms with Crippen molar-refractivity contribution in [3.8, 4) is 0 Å². The Morgan fingerprint density at radius 3 is 2.74 bits per heavy atom. The molecule has 6 nitrogen and oxygen atoms in total. The van der Waals surface area contributed by atoms with Crippen molar-refractivity contribution in [2.24, 2.45) is 5.92 Å². The molecule has 1 heterocycles. The van der Waals surface area contributed by atoms with E-state index in [2.05, 4.69) is 5.32 Å². The van der Waals surface area contributed by atoms with Gasteiger partial charge in [-0.05, 0) is 31.4 Å². The van der Waals surface area contributed by atoms with Gasteiger partial charge in [0.15, 0.2) is 0 Å². The summed E-state index contributed by atoms with van der Waals surface area (Å²) >= 11 is 0. The zero-order valence-corrected chi connectivity index (χ0v) is 13.2. The molecule has 0 saturated heterocycles. The molecule has 6 heteroatoms. The second kappa shape index (κ2) is 7.76. The van der Waals surface area contributed by atoms with Gasteiger partial charge in [0, 0.05) is 31.1 Å². The number of hydrogen-bond donors (Lipinski definition) is 2. The highest BCUT2D eigenvalue weighted by atomic mass is 16.4. The van der Waals surface area contributed by atoms with Crippen molar-refractivity contribution >= 4 is 23.5 Å². The van der Waals surface area contributed by atoms with Crippen LogP contribution < -0.4 is 5.32 Å². The van der Waals surface area contributed by atoms with Crippen LogP contribution in [-0.4, -0.2) is 40.9 Å². The molecular formula is C17H22N2O4. The summed E-state index contributed by atoms with van der Waals surface area (Å²) in [6, 6.07) is 7.67. The molecule has 0 saturated carbocycles. The Morgan fingerprint density at radius 2 is 2.04 bits per heavy atom. The maximum Gasteiger partial charge on any atom is 0.305 e. The lowest BCUT2D eigenvalue weighted by Crippen LogP contribution is -2.35. The Balaban J connectivity index is 1.89. The normalized spacial score (nSPS) is 16.4. The average molecular weight is 318 g/mol.